The molecule has 0 atom stereocenters. The Morgan fingerprint density at radius 2 is 2.16 bits per heavy atom. The molecule has 1 aromatic carbocycles. The van der Waals surface area contributed by atoms with E-state index in [0.717, 1.165) is 16.3 Å². The van der Waals surface area contributed by atoms with Crippen LogP contribution in [0.1, 0.15) is 21.7 Å². The van der Waals surface area contributed by atoms with Gasteiger partial charge in [-0.1, -0.05) is 23.7 Å². The molecular weight excluding hydrogens is 264 g/mol. The maximum Gasteiger partial charge on any atom is 0.354 e. The van der Waals surface area contributed by atoms with Crippen molar-refractivity contribution in [1.29, 1.82) is 0 Å². The standard InChI is InChI=1S/C14H15ClN2O2/c1-19-14(18)13-6-5-12(17-13)9-16-8-10-3-2-4-11(15)7-10/h2-7,16-17H,8-9H2,1H3. The van der Waals surface area contributed by atoms with E-state index in [9.17, 15) is 4.79 Å². The summed E-state index contributed by atoms with van der Waals surface area (Å²) in [6, 6.07) is 11.3. The molecule has 0 radical (unpaired) electrons. The van der Waals surface area contributed by atoms with Gasteiger partial charge in [-0.05, 0) is 29.8 Å². The van der Waals surface area contributed by atoms with Crippen molar-refractivity contribution in [2.75, 3.05) is 7.11 Å². The molecular formula is C14H15ClN2O2. The number of methoxy groups -OCH3 is 1. The molecule has 0 aliphatic heterocycles. The molecule has 4 nitrogen and oxygen atoms in total. The van der Waals surface area contributed by atoms with Crippen LogP contribution in [-0.4, -0.2) is 18.1 Å². The molecule has 0 aliphatic rings. The van der Waals surface area contributed by atoms with Crippen molar-refractivity contribution in [3.63, 3.8) is 0 Å². The van der Waals surface area contributed by atoms with Crippen LogP contribution in [0.4, 0.5) is 0 Å². The molecule has 2 rings (SSSR count). The Morgan fingerprint density at radius 1 is 1.32 bits per heavy atom. The smallest absolute Gasteiger partial charge is 0.354 e. The third-order valence-electron chi connectivity index (χ3n) is 2.69. The number of esters is 1. The van der Waals surface area contributed by atoms with Gasteiger partial charge in [0.1, 0.15) is 5.69 Å². The molecule has 2 N–H and O–H groups in total. The minimum Gasteiger partial charge on any atom is -0.464 e. The second-order valence-electron chi connectivity index (χ2n) is 4.12. The van der Waals surface area contributed by atoms with Gasteiger partial charge >= 0.3 is 5.97 Å². The first-order valence-electron chi connectivity index (χ1n) is 5.90. The summed E-state index contributed by atoms with van der Waals surface area (Å²) < 4.78 is 4.63. The number of nitrogens with one attached hydrogen (secondary N) is 2. The molecule has 0 saturated carbocycles. The molecule has 1 heterocycles. The average Bonchev–Trinajstić information content (AvgIpc) is 2.87. The van der Waals surface area contributed by atoms with E-state index in [1.807, 2.05) is 30.3 Å². The maximum atomic E-state index is 11.3. The highest BCUT2D eigenvalue weighted by molar-refractivity contribution is 6.30. The quantitative estimate of drug-likeness (QED) is 0.827. The lowest BCUT2D eigenvalue weighted by atomic mass is 10.2. The number of aromatic amines is 1. The summed E-state index contributed by atoms with van der Waals surface area (Å²) in [5.41, 5.74) is 2.51. The van der Waals surface area contributed by atoms with E-state index in [1.165, 1.54) is 7.11 Å². The van der Waals surface area contributed by atoms with Gasteiger partial charge in [0.25, 0.3) is 0 Å². The first-order chi connectivity index (χ1) is 9.19. The van der Waals surface area contributed by atoms with Gasteiger partial charge < -0.3 is 15.0 Å². The highest BCUT2D eigenvalue weighted by Gasteiger charge is 2.07. The van der Waals surface area contributed by atoms with Gasteiger partial charge in [-0.15, -0.1) is 0 Å². The molecule has 0 bridgehead atoms. The highest BCUT2D eigenvalue weighted by Crippen LogP contribution is 2.10. The van der Waals surface area contributed by atoms with Gasteiger partial charge in [0.2, 0.25) is 0 Å². The average molecular weight is 279 g/mol. The lowest BCUT2D eigenvalue weighted by Crippen LogP contribution is -2.13. The predicted molar refractivity (Wildman–Crippen MR) is 74.1 cm³/mol. The normalized spacial score (nSPS) is 10.4. The maximum absolute atomic E-state index is 11.3. The van der Waals surface area contributed by atoms with Crippen molar-refractivity contribution in [1.82, 2.24) is 10.3 Å². The zero-order valence-corrected chi connectivity index (χ0v) is 11.3. The van der Waals surface area contributed by atoms with Gasteiger partial charge in [0.15, 0.2) is 0 Å². The van der Waals surface area contributed by atoms with Crippen molar-refractivity contribution < 1.29 is 9.53 Å². The molecule has 0 amide bonds. The van der Waals surface area contributed by atoms with Gasteiger partial charge in [0.05, 0.1) is 7.11 Å². The number of ether oxygens (including phenoxy) is 1. The van der Waals surface area contributed by atoms with Crippen LogP contribution in [0.3, 0.4) is 0 Å². The number of hydrogen-bond acceptors (Lipinski definition) is 3. The van der Waals surface area contributed by atoms with E-state index < -0.39 is 0 Å². The minimum atomic E-state index is -0.360. The first-order valence-corrected chi connectivity index (χ1v) is 6.28. The number of rotatable bonds is 5. The van der Waals surface area contributed by atoms with Crippen molar-refractivity contribution in [3.05, 3.63) is 58.4 Å². The van der Waals surface area contributed by atoms with Gasteiger partial charge in [-0.2, -0.15) is 0 Å². The lowest BCUT2D eigenvalue weighted by Gasteiger charge is -2.04. The first kappa shape index (κ1) is 13.6. The Morgan fingerprint density at radius 3 is 2.89 bits per heavy atom. The molecule has 0 aliphatic carbocycles. The SMILES string of the molecule is COC(=O)c1ccc(CNCc2cccc(Cl)c2)[nH]1. The minimum absolute atomic E-state index is 0.360. The summed E-state index contributed by atoms with van der Waals surface area (Å²) in [5, 5.41) is 4.00. The van der Waals surface area contributed by atoms with Crippen LogP contribution in [0.5, 0.6) is 0 Å². The van der Waals surface area contributed by atoms with E-state index in [2.05, 4.69) is 15.0 Å². The summed E-state index contributed by atoms with van der Waals surface area (Å²) in [5.74, 6) is -0.360. The monoisotopic (exact) mass is 278 g/mol. The topological polar surface area (TPSA) is 54.1 Å². The molecule has 5 heteroatoms. The van der Waals surface area contributed by atoms with Gasteiger partial charge in [-0.25, -0.2) is 4.79 Å². The molecule has 19 heavy (non-hydrogen) atoms. The zero-order chi connectivity index (χ0) is 13.7. The fourth-order valence-electron chi connectivity index (χ4n) is 1.76. The Bertz CT molecular complexity index is 566. The Balaban J connectivity index is 1.86. The van der Waals surface area contributed by atoms with E-state index in [4.69, 9.17) is 11.6 Å². The second-order valence-corrected chi connectivity index (χ2v) is 4.56. The van der Waals surface area contributed by atoms with Crippen LogP contribution >= 0.6 is 11.6 Å². The molecule has 0 spiro atoms. The summed E-state index contributed by atoms with van der Waals surface area (Å²) >= 11 is 5.91. The van der Waals surface area contributed by atoms with Crippen molar-refractivity contribution in [2.24, 2.45) is 0 Å². The largest absolute Gasteiger partial charge is 0.464 e. The van der Waals surface area contributed by atoms with Crippen LogP contribution in [0.25, 0.3) is 0 Å². The number of carbonyl (C=O) groups excluding carboxylic acids is 1. The Labute approximate surface area is 116 Å². The van der Waals surface area contributed by atoms with E-state index in [-0.39, 0.29) is 5.97 Å². The third-order valence-corrected chi connectivity index (χ3v) is 2.92. The second kappa shape index (κ2) is 6.41. The molecule has 0 fully saturated rings. The van der Waals surface area contributed by atoms with E-state index in [1.54, 1.807) is 6.07 Å². The lowest BCUT2D eigenvalue weighted by molar-refractivity contribution is 0.0594. The summed E-state index contributed by atoms with van der Waals surface area (Å²) in [6.45, 7) is 1.36. The number of halogens is 1. The molecule has 0 unspecified atom stereocenters. The van der Waals surface area contributed by atoms with Crippen LogP contribution in [-0.2, 0) is 17.8 Å². The fraction of sp³-hybridized carbons (Fsp3) is 0.214. The number of benzene rings is 1. The van der Waals surface area contributed by atoms with E-state index >= 15 is 0 Å². The number of carbonyl (C=O) groups is 1. The summed E-state index contributed by atoms with van der Waals surface area (Å²) in [7, 11) is 1.36. The van der Waals surface area contributed by atoms with Crippen molar-refractivity contribution in [3.8, 4) is 0 Å². The van der Waals surface area contributed by atoms with Crippen molar-refractivity contribution >= 4 is 17.6 Å². The molecule has 100 valence electrons. The third kappa shape index (κ3) is 3.84. The number of aromatic nitrogens is 1. The molecule has 1 aromatic heterocycles. The number of hydrogen-bond donors (Lipinski definition) is 2. The molecule has 2 aromatic rings. The van der Waals surface area contributed by atoms with Crippen LogP contribution in [0.2, 0.25) is 5.02 Å². The molecule has 0 saturated heterocycles. The van der Waals surface area contributed by atoms with E-state index in [0.29, 0.717) is 18.8 Å². The fourth-order valence-corrected chi connectivity index (χ4v) is 1.97. The van der Waals surface area contributed by atoms with Crippen LogP contribution in [0, 0.1) is 0 Å². The summed E-state index contributed by atoms with van der Waals surface area (Å²) in [6.07, 6.45) is 0. The highest BCUT2D eigenvalue weighted by atomic mass is 35.5. The number of H-pyrrole nitrogens is 1. The Kier molecular flexibility index (Phi) is 4.60. The van der Waals surface area contributed by atoms with Crippen LogP contribution in [0.15, 0.2) is 36.4 Å². The Hall–Kier alpha value is -1.78. The predicted octanol–water partition coefficient (Wildman–Crippen LogP) is 2.74. The van der Waals surface area contributed by atoms with Crippen molar-refractivity contribution in [2.45, 2.75) is 13.1 Å². The van der Waals surface area contributed by atoms with Gasteiger partial charge in [0, 0.05) is 23.8 Å². The van der Waals surface area contributed by atoms with Crippen LogP contribution < -0.4 is 5.32 Å². The zero-order valence-electron chi connectivity index (χ0n) is 10.6. The van der Waals surface area contributed by atoms with Gasteiger partial charge in [-0.3, -0.25) is 0 Å². The summed E-state index contributed by atoms with van der Waals surface area (Å²) in [4.78, 5) is 14.3.